The molecular formula is C21H20N4O3. The van der Waals surface area contributed by atoms with Crippen LogP contribution in [0.3, 0.4) is 0 Å². The van der Waals surface area contributed by atoms with E-state index in [0.29, 0.717) is 41.4 Å². The molecule has 28 heavy (non-hydrogen) atoms. The summed E-state index contributed by atoms with van der Waals surface area (Å²) in [6.07, 6.45) is 0. The molecule has 3 aromatic rings. The summed E-state index contributed by atoms with van der Waals surface area (Å²) in [7, 11) is 0. The van der Waals surface area contributed by atoms with Crippen molar-refractivity contribution in [1.82, 2.24) is 10.2 Å². The molecule has 1 aromatic heterocycles. The lowest BCUT2D eigenvalue weighted by molar-refractivity contribution is 0.0893. The maximum Gasteiger partial charge on any atom is 0.266 e. The van der Waals surface area contributed by atoms with Gasteiger partial charge < -0.3 is 9.64 Å². The largest absolute Gasteiger partial charge is 0.378 e. The number of imide groups is 1. The summed E-state index contributed by atoms with van der Waals surface area (Å²) < 4.78 is 5.46. The van der Waals surface area contributed by atoms with Gasteiger partial charge in [0.2, 0.25) is 0 Å². The van der Waals surface area contributed by atoms with Crippen LogP contribution >= 0.6 is 0 Å². The summed E-state index contributed by atoms with van der Waals surface area (Å²) in [6, 6.07) is 9.47. The summed E-state index contributed by atoms with van der Waals surface area (Å²) in [6.45, 7) is 6.53. The first-order valence-electron chi connectivity index (χ1n) is 9.36. The SMILES string of the molecule is Cc1n[nH]c(C)c1N1C(=O)c2cccc3c(N4CCOCC4)ccc(c23)C1=O. The molecule has 1 fully saturated rings. The van der Waals surface area contributed by atoms with Crippen LogP contribution in [0.15, 0.2) is 30.3 Å². The Bertz CT molecular complexity index is 1090. The van der Waals surface area contributed by atoms with Crippen molar-refractivity contribution in [2.24, 2.45) is 0 Å². The second kappa shape index (κ2) is 6.17. The lowest BCUT2D eigenvalue weighted by Crippen LogP contribution is -2.41. The minimum atomic E-state index is -0.310. The molecular weight excluding hydrogens is 356 g/mol. The molecule has 0 atom stereocenters. The third kappa shape index (κ3) is 2.29. The number of amides is 2. The molecule has 3 heterocycles. The number of rotatable bonds is 2. The van der Waals surface area contributed by atoms with Crippen molar-refractivity contribution in [3.8, 4) is 0 Å². The molecule has 0 unspecified atom stereocenters. The van der Waals surface area contributed by atoms with Crippen molar-refractivity contribution in [3.05, 3.63) is 52.8 Å². The predicted molar refractivity (Wildman–Crippen MR) is 106 cm³/mol. The number of anilines is 2. The van der Waals surface area contributed by atoms with Gasteiger partial charge in [0, 0.05) is 40.7 Å². The van der Waals surface area contributed by atoms with Crippen molar-refractivity contribution < 1.29 is 14.3 Å². The van der Waals surface area contributed by atoms with Gasteiger partial charge in [0.05, 0.1) is 30.3 Å². The average Bonchev–Trinajstić information content (AvgIpc) is 3.05. The third-order valence-corrected chi connectivity index (χ3v) is 5.55. The Labute approximate surface area is 161 Å². The quantitative estimate of drug-likeness (QED) is 0.696. The number of ether oxygens (including phenoxy) is 1. The van der Waals surface area contributed by atoms with Gasteiger partial charge in [-0.2, -0.15) is 5.10 Å². The van der Waals surface area contributed by atoms with Crippen LogP contribution < -0.4 is 9.80 Å². The van der Waals surface area contributed by atoms with Gasteiger partial charge in [0.1, 0.15) is 0 Å². The van der Waals surface area contributed by atoms with E-state index in [1.54, 1.807) is 13.0 Å². The molecule has 2 aromatic carbocycles. The van der Waals surface area contributed by atoms with Crippen molar-refractivity contribution >= 4 is 34.0 Å². The highest BCUT2D eigenvalue weighted by atomic mass is 16.5. The van der Waals surface area contributed by atoms with Crippen molar-refractivity contribution in [1.29, 1.82) is 0 Å². The van der Waals surface area contributed by atoms with Crippen LogP contribution in [0, 0.1) is 13.8 Å². The Balaban J connectivity index is 1.71. The monoisotopic (exact) mass is 376 g/mol. The molecule has 1 saturated heterocycles. The Morgan fingerprint density at radius 2 is 1.71 bits per heavy atom. The van der Waals surface area contributed by atoms with Crippen molar-refractivity contribution in [2.45, 2.75) is 13.8 Å². The fourth-order valence-electron chi connectivity index (χ4n) is 4.24. The number of hydrogen-bond donors (Lipinski definition) is 1. The number of benzene rings is 2. The zero-order valence-corrected chi connectivity index (χ0v) is 15.8. The zero-order chi connectivity index (χ0) is 19.4. The van der Waals surface area contributed by atoms with E-state index < -0.39 is 0 Å². The number of carbonyl (C=O) groups excluding carboxylic acids is 2. The lowest BCUT2D eigenvalue weighted by Gasteiger charge is -2.32. The van der Waals surface area contributed by atoms with Crippen molar-refractivity contribution in [2.75, 3.05) is 36.1 Å². The van der Waals surface area contributed by atoms with E-state index in [4.69, 9.17) is 4.74 Å². The van der Waals surface area contributed by atoms with Gasteiger partial charge in [0.15, 0.2) is 0 Å². The van der Waals surface area contributed by atoms with E-state index in [1.165, 1.54) is 4.90 Å². The Kier molecular flexibility index (Phi) is 3.73. The molecule has 7 heteroatoms. The van der Waals surface area contributed by atoms with Gasteiger partial charge in [-0.05, 0) is 32.0 Å². The summed E-state index contributed by atoms with van der Waals surface area (Å²) in [5, 5.41) is 8.67. The molecule has 5 rings (SSSR count). The number of aryl methyl sites for hydroxylation is 2. The minimum absolute atomic E-state index is 0.310. The molecule has 2 aliphatic rings. The second-order valence-electron chi connectivity index (χ2n) is 7.19. The molecule has 0 aliphatic carbocycles. The van der Waals surface area contributed by atoms with Gasteiger partial charge in [-0.25, -0.2) is 4.90 Å². The summed E-state index contributed by atoms with van der Waals surface area (Å²) >= 11 is 0. The normalized spacial score (nSPS) is 16.9. The number of aromatic nitrogens is 2. The fraction of sp³-hybridized carbons (Fsp3) is 0.286. The standard InChI is InChI=1S/C21H20N4O3/c1-12-19(13(2)23-22-12)25-20(26)15-5-3-4-14-17(24-8-10-28-11-9-24)7-6-16(18(14)15)21(25)27/h3-7H,8-11H2,1-2H3,(H,22,23). The molecule has 0 bridgehead atoms. The van der Waals surface area contributed by atoms with E-state index in [0.717, 1.165) is 29.5 Å². The Morgan fingerprint density at radius 3 is 2.39 bits per heavy atom. The summed E-state index contributed by atoms with van der Waals surface area (Å²) in [5.74, 6) is -0.621. The number of hydrogen-bond acceptors (Lipinski definition) is 5. The molecule has 0 spiro atoms. The van der Waals surface area contributed by atoms with Gasteiger partial charge in [-0.15, -0.1) is 0 Å². The fourth-order valence-corrected chi connectivity index (χ4v) is 4.24. The highest BCUT2D eigenvalue weighted by Crippen LogP contribution is 2.38. The van der Waals surface area contributed by atoms with Crippen LogP contribution in [0.1, 0.15) is 32.1 Å². The topological polar surface area (TPSA) is 78.5 Å². The summed E-state index contributed by atoms with van der Waals surface area (Å²) in [4.78, 5) is 30.2. The Hall–Kier alpha value is -3.19. The Morgan fingerprint density at radius 1 is 1.00 bits per heavy atom. The van der Waals surface area contributed by atoms with Gasteiger partial charge in [0.25, 0.3) is 11.8 Å². The molecule has 7 nitrogen and oxygen atoms in total. The highest BCUT2D eigenvalue weighted by Gasteiger charge is 2.37. The first-order chi connectivity index (χ1) is 13.6. The van der Waals surface area contributed by atoms with E-state index >= 15 is 0 Å². The van der Waals surface area contributed by atoms with Gasteiger partial charge in [-0.1, -0.05) is 12.1 Å². The maximum atomic E-state index is 13.3. The van der Waals surface area contributed by atoms with Gasteiger partial charge >= 0.3 is 0 Å². The molecule has 0 saturated carbocycles. The third-order valence-electron chi connectivity index (χ3n) is 5.55. The zero-order valence-electron chi connectivity index (χ0n) is 15.8. The number of nitrogens with one attached hydrogen (secondary N) is 1. The van der Waals surface area contributed by atoms with E-state index in [-0.39, 0.29) is 11.8 Å². The maximum absolute atomic E-state index is 13.3. The first-order valence-corrected chi connectivity index (χ1v) is 9.36. The second-order valence-corrected chi connectivity index (χ2v) is 7.19. The average molecular weight is 376 g/mol. The van der Waals surface area contributed by atoms with E-state index in [2.05, 4.69) is 15.1 Å². The van der Waals surface area contributed by atoms with Crippen LogP contribution in [-0.2, 0) is 4.74 Å². The molecule has 142 valence electrons. The molecule has 1 N–H and O–H groups in total. The summed E-state index contributed by atoms with van der Waals surface area (Å²) in [5.41, 5.74) is 3.98. The first kappa shape index (κ1) is 16.9. The van der Waals surface area contributed by atoms with Crippen LogP contribution in [0.4, 0.5) is 11.4 Å². The number of aromatic amines is 1. The van der Waals surface area contributed by atoms with Crippen LogP contribution in [0.2, 0.25) is 0 Å². The van der Waals surface area contributed by atoms with Gasteiger partial charge in [-0.3, -0.25) is 14.7 Å². The van der Waals surface area contributed by atoms with Crippen LogP contribution in [0.25, 0.3) is 10.8 Å². The van der Waals surface area contributed by atoms with Crippen LogP contribution in [-0.4, -0.2) is 48.3 Å². The minimum Gasteiger partial charge on any atom is -0.378 e. The van der Waals surface area contributed by atoms with E-state index in [9.17, 15) is 9.59 Å². The number of H-pyrrole nitrogens is 1. The smallest absolute Gasteiger partial charge is 0.266 e. The number of morpholine rings is 1. The van der Waals surface area contributed by atoms with Crippen LogP contribution in [0.5, 0.6) is 0 Å². The molecule has 0 radical (unpaired) electrons. The lowest BCUT2D eigenvalue weighted by atomic mass is 9.92. The molecule has 2 aliphatic heterocycles. The predicted octanol–water partition coefficient (Wildman–Crippen LogP) is 2.82. The van der Waals surface area contributed by atoms with E-state index in [1.807, 2.05) is 31.2 Å². The highest BCUT2D eigenvalue weighted by molar-refractivity contribution is 6.36. The molecule has 2 amide bonds. The number of carbonyl (C=O) groups is 2. The number of nitrogens with zero attached hydrogens (tertiary/aromatic N) is 3. The van der Waals surface area contributed by atoms with Crippen molar-refractivity contribution in [3.63, 3.8) is 0 Å².